The van der Waals surface area contributed by atoms with Gasteiger partial charge in [0, 0.05) is 6.08 Å². The zero-order valence-corrected chi connectivity index (χ0v) is 25.9. The van der Waals surface area contributed by atoms with Crippen LogP contribution in [0.3, 0.4) is 0 Å². The molecule has 0 saturated carbocycles. The Morgan fingerprint density at radius 1 is 0.882 bits per heavy atom. The van der Waals surface area contributed by atoms with Crippen LogP contribution in [-0.4, -0.2) is 59.1 Å². The van der Waals surface area contributed by atoms with E-state index < -0.39 is 31.2 Å². The van der Waals surface area contributed by atoms with Gasteiger partial charge in [-0.25, -0.2) is 4.79 Å². The highest BCUT2D eigenvalue weighted by molar-refractivity contribution is 6.87. The molecule has 0 aromatic heterocycles. The van der Waals surface area contributed by atoms with Crippen LogP contribution in [-0.2, 0) is 17.8 Å². The Balaban J connectivity index is 2.70. The van der Waals surface area contributed by atoms with Gasteiger partial charge in [0.2, 0.25) is 5.75 Å². The molecule has 1 rings (SSSR count). The lowest BCUT2D eigenvalue weighted by atomic mass is 10.1. The highest BCUT2D eigenvalue weighted by atomic mass is 28.5. The van der Waals surface area contributed by atoms with Crippen molar-refractivity contribution in [1.29, 1.82) is 0 Å². The molecule has 0 spiro atoms. The predicted octanol–water partition coefficient (Wildman–Crippen LogP) is 6.07. The minimum Gasteiger partial charge on any atom is -0.493 e. The maximum atomic E-state index is 12.3. The molecule has 194 valence electrons. The fourth-order valence-corrected chi connectivity index (χ4v) is 16.9. The molecule has 34 heavy (non-hydrogen) atoms. The van der Waals surface area contributed by atoms with Crippen LogP contribution in [0.2, 0.25) is 51.9 Å². The van der Waals surface area contributed by atoms with Crippen LogP contribution in [0.4, 0.5) is 0 Å². The number of carbonyl (C=O) groups excluding carboxylic acids is 1. The lowest BCUT2D eigenvalue weighted by Crippen LogP contribution is -2.53. The minimum atomic E-state index is -2.31. The fourth-order valence-electron chi connectivity index (χ4n) is 3.91. The maximum Gasteiger partial charge on any atom is 0.330 e. The Bertz CT molecular complexity index is 788. The van der Waals surface area contributed by atoms with Gasteiger partial charge in [-0.2, -0.15) is 0 Å². The van der Waals surface area contributed by atoms with Crippen molar-refractivity contribution in [3.63, 3.8) is 0 Å². The van der Waals surface area contributed by atoms with E-state index in [4.69, 9.17) is 27.2 Å². The van der Waals surface area contributed by atoms with Crippen molar-refractivity contribution in [1.82, 2.24) is 0 Å². The van der Waals surface area contributed by atoms with Gasteiger partial charge in [-0.3, -0.25) is 0 Å². The molecular formula is C24H44O7Si3. The molecule has 1 unspecified atom stereocenters. The molecule has 0 aliphatic heterocycles. The first kappa shape index (κ1) is 30.4. The van der Waals surface area contributed by atoms with Gasteiger partial charge in [0.25, 0.3) is 0 Å². The van der Waals surface area contributed by atoms with Gasteiger partial charge >= 0.3 is 14.5 Å². The second-order valence-electron chi connectivity index (χ2n) is 10.6. The minimum absolute atomic E-state index is 0.330. The predicted molar refractivity (Wildman–Crippen MR) is 145 cm³/mol. The van der Waals surface area contributed by atoms with E-state index in [2.05, 4.69) is 52.8 Å². The first-order chi connectivity index (χ1) is 15.6. The van der Waals surface area contributed by atoms with Gasteiger partial charge in [0.15, 0.2) is 28.1 Å². The van der Waals surface area contributed by atoms with Crippen molar-refractivity contribution >= 4 is 37.2 Å². The van der Waals surface area contributed by atoms with Crippen LogP contribution >= 0.6 is 0 Å². The first-order valence-electron chi connectivity index (χ1n) is 11.7. The van der Waals surface area contributed by atoms with Gasteiger partial charge in [-0.1, -0.05) is 6.92 Å². The second kappa shape index (κ2) is 12.9. The average molecular weight is 529 g/mol. The summed E-state index contributed by atoms with van der Waals surface area (Å²) in [5.74, 6) is 1.49. The quantitative estimate of drug-likeness (QED) is 0.165. The van der Waals surface area contributed by atoms with Crippen LogP contribution in [0.15, 0.2) is 18.2 Å². The fraction of sp³-hybridized carbons (Fsp3) is 0.625. The molecule has 0 amide bonds. The molecule has 1 aromatic carbocycles. The molecule has 0 fully saturated rings. The molecule has 10 heteroatoms. The van der Waals surface area contributed by atoms with Crippen molar-refractivity contribution in [2.24, 2.45) is 5.92 Å². The lowest BCUT2D eigenvalue weighted by molar-refractivity contribution is -0.137. The topological polar surface area (TPSA) is 72.5 Å². The normalized spacial score (nSPS) is 13.6. The number of hydrogen-bond donors (Lipinski definition) is 0. The third-order valence-corrected chi connectivity index (χ3v) is 14.5. The maximum absolute atomic E-state index is 12.3. The Morgan fingerprint density at radius 3 is 1.79 bits per heavy atom. The molecule has 7 nitrogen and oxygen atoms in total. The summed E-state index contributed by atoms with van der Waals surface area (Å²) in [6.45, 7) is 18.0. The van der Waals surface area contributed by atoms with Crippen LogP contribution in [0.5, 0.6) is 17.2 Å². The van der Waals surface area contributed by atoms with E-state index in [9.17, 15) is 4.79 Å². The molecule has 0 N–H and O–H groups in total. The summed E-state index contributed by atoms with van der Waals surface area (Å²) in [7, 11) is -1.12. The molecule has 0 aliphatic rings. The molecule has 0 radical (unpaired) electrons. The Kier molecular flexibility index (Phi) is 11.6. The van der Waals surface area contributed by atoms with E-state index in [1.807, 2.05) is 0 Å². The van der Waals surface area contributed by atoms with E-state index in [0.29, 0.717) is 29.8 Å². The third kappa shape index (κ3) is 11.2. The van der Waals surface area contributed by atoms with E-state index >= 15 is 0 Å². The van der Waals surface area contributed by atoms with Crippen LogP contribution in [0.1, 0.15) is 18.9 Å². The van der Waals surface area contributed by atoms with E-state index in [1.54, 1.807) is 39.5 Å². The molecule has 1 aromatic rings. The number of methoxy groups -OCH3 is 3. The van der Waals surface area contributed by atoms with Gasteiger partial charge in [-0.05, 0) is 88.0 Å². The number of carbonyl (C=O) groups is 1. The summed E-state index contributed by atoms with van der Waals surface area (Å²) in [5.41, 5.74) is 0.744. The highest BCUT2D eigenvalue weighted by Gasteiger charge is 2.41. The van der Waals surface area contributed by atoms with Gasteiger partial charge in [0.1, 0.15) is 0 Å². The summed E-state index contributed by atoms with van der Waals surface area (Å²) in [5, 5.41) is 0. The summed E-state index contributed by atoms with van der Waals surface area (Å²) >= 11 is 0. The molecule has 0 bridgehead atoms. The Labute approximate surface area is 209 Å². The van der Waals surface area contributed by atoms with Gasteiger partial charge in [0.05, 0.1) is 27.9 Å². The number of hydrogen-bond acceptors (Lipinski definition) is 7. The van der Waals surface area contributed by atoms with Crippen molar-refractivity contribution in [2.75, 3.05) is 27.9 Å². The number of ether oxygens (including phenoxy) is 4. The zero-order chi connectivity index (χ0) is 26.2. The highest BCUT2D eigenvalue weighted by Crippen LogP contribution is 2.38. The zero-order valence-electron chi connectivity index (χ0n) is 22.9. The van der Waals surface area contributed by atoms with E-state index in [-0.39, 0.29) is 0 Å². The molecule has 0 saturated heterocycles. The summed E-state index contributed by atoms with van der Waals surface area (Å²) < 4.78 is 34.6. The molecule has 0 heterocycles. The molecular weight excluding hydrogens is 485 g/mol. The smallest absolute Gasteiger partial charge is 0.330 e. The van der Waals surface area contributed by atoms with Gasteiger partial charge in [-0.15, -0.1) is 0 Å². The molecule has 0 aliphatic carbocycles. The van der Waals surface area contributed by atoms with Crippen molar-refractivity contribution < 1.29 is 32.0 Å². The standard InChI is InChI=1S/C24H44O7Si3/c1-19(18-34(11,30-32(5,6)7)31-33(8,9)10)14-15-29-23(25)13-12-20-16-21(26-2)24(28-4)22(17-20)27-3/h12-13,16-17,19H,14-15,18H2,1-11H3/b13-12+. The first-order valence-corrected chi connectivity index (χ1v) is 21.0. The number of rotatable bonds is 14. The van der Waals surface area contributed by atoms with Crippen molar-refractivity contribution in [2.45, 2.75) is 65.2 Å². The monoisotopic (exact) mass is 528 g/mol. The SMILES string of the molecule is COc1cc(/C=C/C(=O)OCCC(C)C[Si](C)(O[Si](C)(C)C)O[Si](C)(C)C)cc(OC)c1OC. The largest absolute Gasteiger partial charge is 0.493 e. The third-order valence-electron chi connectivity index (χ3n) is 4.72. The Hall–Kier alpha value is -1.60. The van der Waals surface area contributed by atoms with Crippen molar-refractivity contribution in [3.8, 4) is 17.2 Å². The van der Waals surface area contributed by atoms with Crippen LogP contribution in [0, 0.1) is 5.92 Å². The summed E-state index contributed by atoms with van der Waals surface area (Å²) in [6, 6.07) is 4.44. The van der Waals surface area contributed by atoms with Crippen molar-refractivity contribution in [3.05, 3.63) is 23.8 Å². The molecule has 1 atom stereocenters. The lowest BCUT2D eigenvalue weighted by Gasteiger charge is -2.39. The summed E-state index contributed by atoms with van der Waals surface area (Å²) in [6.07, 6.45) is 3.84. The van der Waals surface area contributed by atoms with Crippen LogP contribution in [0.25, 0.3) is 6.08 Å². The Morgan fingerprint density at radius 2 is 1.38 bits per heavy atom. The number of esters is 1. The number of benzene rings is 1. The van der Waals surface area contributed by atoms with Crippen LogP contribution < -0.4 is 14.2 Å². The van der Waals surface area contributed by atoms with Gasteiger partial charge < -0.3 is 27.2 Å². The van der Waals surface area contributed by atoms with E-state index in [1.165, 1.54) is 6.08 Å². The second-order valence-corrected chi connectivity index (χ2v) is 23.4. The van der Waals surface area contributed by atoms with E-state index in [0.717, 1.165) is 18.0 Å². The average Bonchev–Trinajstić information content (AvgIpc) is 2.67. The summed E-state index contributed by atoms with van der Waals surface area (Å²) in [4.78, 5) is 12.3.